The molecular weight excluding hydrogens is 282 g/mol. The maximum Gasteiger partial charge on any atom is 0.256 e. The van der Waals surface area contributed by atoms with Gasteiger partial charge in [-0.05, 0) is 36.1 Å². The van der Waals surface area contributed by atoms with E-state index in [0.717, 1.165) is 11.3 Å². The van der Waals surface area contributed by atoms with E-state index >= 15 is 0 Å². The molecule has 1 heterocycles. The minimum Gasteiger partial charge on any atom is -0.371 e. The number of nitrogens with zero attached hydrogens (tertiary/aromatic N) is 1. The molecule has 0 unspecified atom stereocenters. The van der Waals surface area contributed by atoms with Crippen LogP contribution < -0.4 is 4.90 Å². The number of rotatable bonds is 1. The van der Waals surface area contributed by atoms with E-state index in [-0.39, 0.29) is 32.2 Å². The monoisotopic (exact) mass is 301 g/mol. The van der Waals surface area contributed by atoms with E-state index in [2.05, 4.69) is 0 Å². The largest absolute Gasteiger partial charge is 0.371 e. The maximum atomic E-state index is 13.5. The summed E-state index contributed by atoms with van der Waals surface area (Å²) < 4.78 is 53.9. The fourth-order valence-electron chi connectivity index (χ4n) is 3.39. The summed E-state index contributed by atoms with van der Waals surface area (Å²) >= 11 is 0. The van der Waals surface area contributed by atoms with Crippen LogP contribution in [0.15, 0.2) is 12.1 Å². The SMILES string of the molecule is Cc1cc2c(cc1N1CCCC(F)(F)CC1)CC(F)(F)C2. The molecule has 1 aliphatic carbocycles. The average molecular weight is 301 g/mol. The van der Waals surface area contributed by atoms with E-state index in [9.17, 15) is 17.6 Å². The van der Waals surface area contributed by atoms with Crippen molar-refractivity contribution in [1.82, 2.24) is 0 Å². The van der Waals surface area contributed by atoms with Gasteiger partial charge in [-0.3, -0.25) is 0 Å². The Labute approximate surface area is 121 Å². The molecule has 1 aliphatic heterocycles. The van der Waals surface area contributed by atoms with Crippen molar-refractivity contribution in [3.8, 4) is 0 Å². The zero-order valence-corrected chi connectivity index (χ0v) is 12.1. The molecule has 0 N–H and O–H groups in total. The Morgan fingerprint density at radius 2 is 1.57 bits per heavy atom. The van der Waals surface area contributed by atoms with E-state index in [0.29, 0.717) is 24.1 Å². The summed E-state index contributed by atoms with van der Waals surface area (Å²) in [7, 11) is 0. The molecule has 2 aliphatic rings. The lowest BCUT2D eigenvalue weighted by atomic mass is 10.0. The highest BCUT2D eigenvalue weighted by molar-refractivity contribution is 5.58. The van der Waals surface area contributed by atoms with Crippen LogP contribution in [0.3, 0.4) is 0 Å². The highest BCUT2D eigenvalue weighted by atomic mass is 19.3. The highest BCUT2D eigenvalue weighted by Gasteiger charge is 2.38. The number of benzene rings is 1. The molecule has 5 heteroatoms. The molecule has 0 atom stereocenters. The summed E-state index contributed by atoms with van der Waals surface area (Å²) in [5.41, 5.74) is 3.10. The molecule has 1 saturated heterocycles. The Hall–Kier alpha value is -1.26. The molecular formula is C16H19F4N. The van der Waals surface area contributed by atoms with Gasteiger partial charge in [0.05, 0.1) is 0 Å². The molecule has 0 radical (unpaired) electrons. The molecule has 0 aromatic heterocycles. The first-order chi connectivity index (χ1) is 9.76. The lowest BCUT2D eigenvalue weighted by molar-refractivity contribution is -0.0102. The standard InChI is InChI=1S/C16H19F4N/c1-11-7-12-9-16(19,20)10-13(12)8-14(11)21-5-2-3-15(17,18)4-6-21/h7-8H,2-6,9-10H2,1H3. The van der Waals surface area contributed by atoms with Crippen molar-refractivity contribution >= 4 is 5.69 Å². The number of anilines is 1. The molecule has 1 fully saturated rings. The van der Waals surface area contributed by atoms with Gasteiger partial charge in [-0.15, -0.1) is 0 Å². The number of hydrogen-bond donors (Lipinski definition) is 0. The summed E-state index contributed by atoms with van der Waals surface area (Å²) in [5.74, 6) is -5.27. The first-order valence-electron chi connectivity index (χ1n) is 7.39. The molecule has 116 valence electrons. The molecule has 3 rings (SSSR count). The lowest BCUT2D eigenvalue weighted by Crippen LogP contribution is -2.26. The Kier molecular flexibility index (Phi) is 3.41. The predicted octanol–water partition coefficient (Wildman–Crippen LogP) is 4.35. The van der Waals surface area contributed by atoms with Gasteiger partial charge in [0.25, 0.3) is 5.92 Å². The summed E-state index contributed by atoms with van der Waals surface area (Å²) in [6.07, 6.45) is -0.272. The third-order valence-corrected chi connectivity index (χ3v) is 4.48. The van der Waals surface area contributed by atoms with Crippen molar-refractivity contribution < 1.29 is 17.6 Å². The van der Waals surface area contributed by atoms with Gasteiger partial charge in [0.15, 0.2) is 0 Å². The van der Waals surface area contributed by atoms with Gasteiger partial charge in [-0.25, -0.2) is 17.6 Å². The quantitative estimate of drug-likeness (QED) is 0.697. The molecule has 0 amide bonds. The van der Waals surface area contributed by atoms with Gasteiger partial charge >= 0.3 is 0 Å². The zero-order valence-electron chi connectivity index (χ0n) is 12.1. The van der Waals surface area contributed by atoms with E-state index in [1.807, 2.05) is 11.8 Å². The summed E-state index contributed by atoms with van der Waals surface area (Å²) in [6, 6.07) is 3.59. The van der Waals surface area contributed by atoms with Crippen LogP contribution in [0, 0.1) is 6.92 Å². The smallest absolute Gasteiger partial charge is 0.256 e. The minimum atomic E-state index is -2.67. The first-order valence-corrected chi connectivity index (χ1v) is 7.39. The minimum absolute atomic E-state index is 0.0917. The highest BCUT2D eigenvalue weighted by Crippen LogP contribution is 2.39. The second-order valence-electron chi connectivity index (χ2n) is 6.31. The molecule has 0 saturated carbocycles. The van der Waals surface area contributed by atoms with Crippen molar-refractivity contribution in [1.29, 1.82) is 0 Å². The Balaban J connectivity index is 1.87. The molecule has 0 spiro atoms. The van der Waals surface area contributed by atoms with E-state index in [1.165, 1.54) is 0 Å². The lowest BCUT2D eigenvalue weighted by Gasteiger charge is -2.25. The van der Waals surface area contributed by atoms with E-state index in [4.69, 9.17) is 0 Å². The summed E-state index contributed by atoms with van der Waals surface area (Å²) in [5, 5.41) is 0. The molecule has 21 heavy (non-hydrogen) atoms. The van der Waals surface area contributed by atoms with Crippen LogP contribution in [-0.4, -0.2) is 24.9 Å². The summed E-state index contributed by atoms with van der Waals surface area (Å²) in [6.45, 7) is 2.71. The van der Waals surface area contributed by atoms with Gasteiger partial charge in [0, 0.05) is 44.5 Å². The van der Waals surface area contributed by atoms with Gasteiger partial charge in [0.1, 0.15) is 0 Å². The Morgan fingerprint density at radius 3 is 2.29 bits per heavy atom. The topological polar surface area (TPSA) is 3.24 Å². The second kappa shape index (κ2) is 4.89. The molecule has 0 bridgehead atoms. The van der Waals surface area contributed by atoms with E-state index in [1.54, 1.807) is 12.1 Å². The Morgan fingerprint density at radius 1 is 0.905 bits per heavy atom. The van der Waals surface area contributed by atoms with Crippen molar-refractivity contribution in [2.75, 3.05) is 18.0 Å². The average Bonchev–Trinajstić information content (AvgIpc) is 2.53. The van der Waals surface area contributed by atoms with Crippen LogP contribution in [-0.2, 0) is 12.8 Å². The van der Waals surface area contributed by atoms with Crippen molar-refractivity contribution in [3.05, 3.63) is 28.8 Å². The predicted molar refractivity (Wildman–Crippen MR) is 74.5 cm³/mol. The third-order valence-electron chi connectivity index (χ3n) is 4.48. The van der Waals surface area contributed by atoms with E-state index < -0.39 is 11.8 Å². The van der Waals surface area contributed by atoms with Crippen LogP contribution in [0.1, 0.15) is 36.0 Å². The number of halogens is 4. The van der Waals surface area contributed by atoms with Crippen LogP contribution in [0.2, 0.25) is 0 Å². The fraction of sp³-hybridized carbons (Fsp3) is 0.625. The van der Waals surface area contributed by atoms with Crippen molar-refractivity contribution in [2.24, 2.45) is 0 Å². The molecule has 1 aromatic rings. The summed E-state index contributed by atoms with van der Waals surface area (Å²) in [4.78, 5) is 1.92. The number of fused-ring (bicyclic) bond motifs is 1. The number of hydrogen-bond acceptors (Lipinski definition) is 1. The van der Waals surface area contributed by atoms with Crippen LogP contribution in [0.4, 0.5) is 23.2 Å². The normalized spacial score (nSPS) is 23.8. The van der Waals surface area contributed by atoms with Crippen LogP contribution in [0.5, 0.6) is 0 Å². The van der Waals surface area contributed by atoms with Crippen molar-refractivity contribution in [2.45, 2.75) is 50.9 Å². The maximum absolute atomic E-state index is 13.5. The molecule has 1 aromatic carbocycles. The second-order valence-corrected chi connectivity index (χ2v) is 6.31. The molecule has 1 nitrogen and oxygen atoms in total. The first kappa shape index (κ1) is 14.7. The number of aryl methyl sites for hydroxylation is 1. The fourth-order valence-corrected chi connectivity index (χ4v) is 3.39. The Bertz CT molecular complexity index is 553. The number of alkyl halides is 4. The van der Waals surface area contributed by atoms with Crippen molar-refractivity contribution in [3.63, 3.8) is 0 Å². The third kappa shape index (κ3) is 3.01. The van der Waals surface area contributed by atoms with Gasteiger partial charge in [-0.1, -0.05) is 6.07 Å². The van der Waals surface area contributed by atoms with Gasteiger partial charge < -0.3 is 4.90 Å². The van der Waals surface area contributed by atoms with Gasteiger partial charge in [-0.2, -0.15) is 0 Å². The zero-order chi connectivity index (χ0) is 15.3. The van der Waals surface area contributed by atoms with Gasteiger partial charge in [0.2, 0.25) is 5.92 Å². The van der Waals surface area contributed by atoms with Crippen LogP contribution >= 0.6 is 0 Å². The van der Waals surface area contributed by atoms with Crippen LogP contribution in [0.25, 0.3) is 0 Å².